The van der Waals surface area contributed by atoms with Crippen molar-refractivity contribution in [2.75, 3.05) is 50.7 Å². The van der Waals surface area contributed by atoms with Crippen LogP contribution in [0.15, 0.2) is 24.3 Å². The Balaban J connectivity index is 1.29. The zero-order chi connectivity index (χ0) is 18.4. The van der Waals surface area contributed by atoms with Crippen molar-refractivity contribution in [3.05, 3.63) is 30.1 Å². The van der Waals surface area contributed by atoms with Gasteiger partial charge in [0.15, 0.2) is 0 Å². The van der Waals surface area contributed by atoms with Crippen molar-refractivity contribution in [2.45, 2.75) is 26.2 Å². The van der Waals surface area contributed by atoms with E-state index in [0.29, 0.717) is 19.0 Å². The van der Waals surface area contributed by atoms with Gasteiger partial charge in [-0.1, -0.05) is 6.92 Å². The molecule has 6 heteroatoms. The molecule has 2 fully saturated rings. The number of anilines is 1. The topological polar surface area (TPSA) is 47.6 Å². The SMILES string of the molecule is CC1CCN(CCNC(=O)NCC2CCN(c3ccc(F)cc3)C2)CC1. The van der Waals surface area contributed by atoms with Crippen LogP contribution in [0.4, 0.5) is 14.9 Å². The summed E-state index contributed by atoms with van der Waals surface area (Å²) in [7, 11) is 0. The van der Waals surface area contributed by atoms with Crippen molar-refractivity contribution in [3.8, 4) is 0 Å². The fourth-order valence-corrected chi connectivity index (χ4v) is 3.80. The second-order valence-corrected chi connectivity index (χ2v) is 7.74. The first-order valence-corrected chi connectivity index (χ1v) is 9.84. The Hall–Kier alpha value is -1.82. The van der Waals surface area contributed by atoms with Crippen molar-refractivity contribution in [1.29, 1.82) is 0 Å². The first-order valence-electron chi connectivity index (χ1n) is 9.84. The number of hydrogen-bond donors (Lipinski definition) is 2. The van der Waals surface area contributed by atoms with Crippen molar-refractivity contribution in [3.63, 3.8) is 0 Å². The van der Waals surface area contributed by atoms with Crippen molar-refractivity contribution < 1.29 is 9.18 Å². The van der Waals surface area contributed by atoms with Crippen molar-refractivity contribution in [1.82, 2.24) is 15.5 Å². The summed E-state index contributed by atoms with van der Waals surface area (Å²) in [6, 6.07) is 6.56. The lowest BCUT2D eigenvalue weighted by Crippen LogP contribution is -2.43. The Kier molecular flexibility index (Phi) is 6.72. The number of hydrogen-bond acceptors (Lipinski definition) is 3. The van der Waals surface area contributed by atoms with E-state index in [0.717, 1.165) is 50.7 Å². The average Bonchev–Trinajstić information content (AvgIpc) is 3.11. The van der Waals surface area contributed by atoms with Gasteiger partial charge in [0.2, 0.25) is 0 Å². The predicted molar refractivity (Wildman–Crippen MR) is 103 cm³/mol. The maximum Gasteiger partial charge on any atom is 0.314 e. The fourth-order valence-electron chi connectivity index (χ4n) is 3.80. The van der Waals surface area contributed by atoms with Gasteiger partial charge in [0.05, 0.1) is 0 Å². The summed E-state index contributed by atoms with van der Waals surface area (Å²) >= 11 is 0. The van der Waals surface area contributed by atoms with Crippen LogP contribution in [0.2, 0.25) is 0 Å². The zero-order valence-corrected chi connectivity index (χ0v) is 15.7. The largest absolute Gasteiger partial charge is 0.371 e. The number of carbonyl (C=O) groups is 1. The lowest BCUT2D eigenvalue weighted by atomic mass is 9.99. The molecule has 0 bridgehead atoms. The molecule has 0 aromatic heterocycles. The van der Waals surface area contributed by atoms with Gasteiger partial charge < -0.3 is 20.4 Å². The summed E-state index contributed by atoms with van der Waals surface area (Å²) in [6.07, 6.45) is 3.57. The second-order valence-electron chi connectivity index (χ2n) is 7.74. The first-order chi connectivity index (χ1) is 12.6. The van der Waals surface area contributed by atoms with E-state index in [9.17, 15) is 9.18 Å². The third-order valence-electron chi connectivity index (χ3n) is 5.62. The van der Waals surface area contributed by atoms with Gasteiger partial charge >= 0.3 is 6.03 Å². The second kappa shape index (κ2) is 9.21. The molecule has 1 unspecified atom stereocenters. The van der Waals surface area contributed by atoms with E-state index in [2.05, 4.69) is 27.4 Å². The number of halogens is 1. The van der Waals surface area contributed by atoms with Crippen LogP contribution in [-0.2, 0) is 0 Å². The number of urea groups is 1. The van der Waals surface area contributed by atoms with E-state index in [1.54, 1.807) is 0 Å². The predicted octanol–water partition coefficient (Wildman–Crippen LogP) is 2.68. The highest BCUT2D eigenvalue weighted by Crippen LogP contribution is 2.23. The molecule has 2 aliphatic rings. The van der Waals surface area contributed by atoms with Gasteiger partial charge in [-0.2, -0.15) is 0 Å². The molecule has 1 aromatic rings. The lowest BCUT2D eigenvalue weighted by molar-refractivity contribution is 0.191. The minimum absolute atomic E-state index is 0.0735. The molecule has 1 aromatic carbocycles. The molecule has 144 valence electrons. The minimum atomic E-state index is -0.207. The van der Waals surface area contributed by atoms with Crippen LogP contribution in [0.3, 0.4) is 0 Å². The molecule has 3 rings (SSSR count). The fraction of sp³-hybridized carbons (Fsp3) is 0.650. The third-order valence-corrected chi connectivity index (χ3v) is 5.62. The zero-order valence-electron chi connectivity index (χ0n) is 15.7. The number of nitrogens with one attached hydrogen (secondary N) is 2. The number of nitrogens with zero attached hydrogens (tertiary/aromatic N) is 2. The van der Waals surface area contributed by atoms with Gasteiger partial charge in [-0.15, -0.1) is 0 Å². The number of rotatable bonds is 6. The Morgan fingerprint density at radius 1 is 1.12 bits per heavy atom. The molecule has 0 spiro atoms. The molecule has 26 heavy (non-hydrogen) atoms. The Morgan fingerprint density at radius 3 is 2.58 bits per heavy atom. The van der Waals surface area contributed by atoms with Crippen LogP contribution in [0, 0.1) is 17.7 Å². The van der Waals surface area contributed by atoms with Crippen LogP contribution in [0.25, 0.3) is 0 Å². The third kappa shape index (κ3) is 5.59. The van der Waals surface area contributed by atoms with Gasteiger partial charge in [0.1, 0.15) is 5.82 Å². The molecule has 2 N–H and O–H groups in total. The first kappa shape index (κ1) is 19.0. The maximum atomic E-state index is 13.0. The maximum absolute atomic E-state index is 13.0. The van der Waals surface area contributed by atoms with Gasteiger partial charge in [-0.25, -0.2) is 9.18 Å². The number of amides is 2. The minimum Gasteiger partial charge on any atom is -0.371 e. The summed E-state index contributed by atoms with van der Waals surface area (Å²) in [6.45, 7) is 8.77. The van der Waals surface area contributed by atoms with Crippen LogP contribution in [-0.4, -0.2) is 56.7 Å². The van der Waals surface area contributed by atoms with Crippen LogP contribution < -0.4 is 15.5 Å². The lowest BCUT2D eigenvalue weighted by Gasteiger charge is -2.30. The number of benzene rings is 1. The van der Waals surface area contributed by atoms with Crippen molar-refractivity contribution in [2.24, 2.45) is 11.8 Å². The van der Waals surface area contributed by atoms with Gasteiger partial charge in [0, 0.05) is 38.4 Å². The summed E-state index contributed by atoms with van der Waals surface area (Å²) < 4.78 is 13.0. The van der Waals surface area contributed by atoms with Crippen LogP contribution >= 0.6 is 0 Å². The normalized spacial score (nSPS) is 21.8. The summed E-state index contributed by atoms with van der Waals surface area (Å²) in [4.78, 5) is 16.7. The average molecular weight is 362 g/mol. The highest BCUT2D eigenvalue weighted by molar-refractivity contribution is 5.73. The standard InChI is InChI=1S/C20H31FN4O/c1-16-6-10-24(11-7-16)13-9-22-20(26)23-14-17-8-12-25(15-17)19-4-2-18(21)3-5-19/h2-5,16-17H,6-15H2,1H3,(H2,22,23,26). The smallest absolute Gasteiger partial charge is 0.314 e. The number of piperidine rings is 1. The van der Waals surface area contributed by atoms with E-state index in [-0.39, 0.29) is 11.8 Å². The monoisotopic (exact) mass is 362 g/mol. The van der Waals surface area contributed by atoms with Gasteiger partial charge in [-0.3, -0.25) is 0 Å². The summed E-state index contributed by atoms with van der Waals surface area (Å²) in [5, 5.41) is 5.96. The molecule has 2 saturated heterocycles. The van der Waals surface area contributed by atoms with E-state index >= 15 is 0 Å². The van der Waals surface area contributed by atoms with Gasteiger partial charge in [0.25, 0.3) is 0 Å². The molecule has 1 atom stereocenters. The van der Waals surface area contributed by atoms with E-state index < -0.39 is 0 Å². The van der Waals surface area contributed by atoms with E-state index in [1.165, 1.54) is 25.0 Å². The molecule has 2 amide bonds. The van der Waals surface area contributed by atoms with Crippen LogP contribution in [0.5, 0.6) is 0 Å². The number of carbonyl (C=O) groups excluding carboxylic acids is 1. The van der Waals surface area contributed by atoms with E-state index in [1.807, 2.05) is 12.1 Å². The molecule has 2 aliphatic heterocycles. The Bertz CT molecular complexity index is 572. The molecule has 0 saturated carbocycles. The molecule has 0 radical (unpaired) electrons. The van der Waals surface area contributed by atoms with Crippen molar-refractivity contribution >= 4 is 11.7 Å². The summed E-state index contributed by atoms with van der Waals surface area (Å²) in [5.41, 5.74) is 1.05. The Labute approximate surface area is 155 Å². The highest BCUT2D eigenvalue weighted by Gasteiger charge is 2.23. The van der Waals surface area contributed by atoms with Gasteiger partial charge in [-0.05, 0) is 68.5 Å². The van der Waals surface area contributed by atoms with Crippen LogP contribution in [0.1, 0.15) is 26.2 Å². The van der Waals surface area contributed by atoms with E-state index in [4.69, 9.17) is 0 Å². The molecule has 0 aliphatic carbocycles. The molecular formula is C20H31FN4O. The molecule has 5 nitrogen and oxygen atoms in total. The Morgan fingerprint density at radius 2 is 1.85 bits per heavy atom. The molecule has 2 heterocycles. The molecular weight excluding hydrogens is 331 g/mol. The number of likely N-dealkylation sites (tertiary alicyclic amines) is 1. The quantitative estimate of drug-likeness (QED) is 0.818. The highest BCUT2D eigenvalue weighted by atomic mass is 19.1. The summed E-state index contributed by atoms with van der Waals surface area (Å²) in [5.74, 6) is 1.07.